The second-order valence-electron chi connectivity index (χ2n) is 7.88. The van der Waals surface area contributed by atoms with E-state index in [-0.39, 0.29) is 24.6 Å². The lowest BCUT2D eigenvalue weighted by Gasteiger charge is -2.16. The van der Waals surface area contributed by atoms with Gasteiger partial charge in [-0.15, -0.1) is 10.2 Å². The van der Waals surface area contributed by atoms with Crippen LogP contribution in [0.4, 0.5) is 10.1 Å². The number of benzene rings is 2. The van der Waals surface area contributed by atoms with Crippen molar-refractivity contribution >= 4 is 23.4 Å². The minimum Gasteiger partial charge on any atom is -0.454 e. The Morgan fingerprint density at radius 2 is 2.03 bits per heavy atom. The summed E-state index contributed by atoms with van der Waals surface area (Å²) < 4.78 is 31.9. The topological polar surface area (TPSA) is 87.5 Å². The summed E-state index contributed by atoms with van der Waals surface area (Å²) in [4.78, 5) is 12.9. The highest BCUT2D eigenvalue weighted by Crippen LogP contribution is 2.35. The van der Waals surface area contributed by atoms with Crippen LogP contribution in [0.1, 0.15) is 19.8 Å². The highest BCUT2D eigenvalue weighted by Gasteiger charge is 2.25. The predicted octanol–water partition coefficient (Wildman–Crippen LogP) is 4.11. The molecule has 0 aliphatic carbocycles. The number of hydrogen-bond donors (Lipinski definition) is 1. The average molecular weight is 471 g/mol. The summed E-state index contributed by atoms with van der Waals surface area (Å²) in [7, 11) is 0. The normalized spacial score (nSPS) is 17.8. The van der Waals surface area contributed by atoms with Crippen LogP contribution in [0.5, 0.6) is 11.5 Å². The summed E-state index contributed by atoms with van der Waals surface area (Å²) in [6.07, 6.45) is 2.01. The lowest BCUT2D eigenvalue weighted by Crippen LogP contribution is -2.23. The summed E-state index contributed by atoms with van der Waals surface area (Å²) in [6.45, 7) is 3.29. The number of aromatic nitrogens is 3. The Hall–Kier alpha value is -3.11. The molecule has 1 aromatic heterocycles. The molecule has 0 radical (unpaired) electrons. The summed E-state index contributed by atoms with van der Waals surface area (Å²) in [6, 6.07) is 11.4. The number of thioether (sulfide) groups is 1. The van der Waals surface area contributed by atoms with Crippen LogP contribution in [-0.4, -0.2) is 45.4 Å². The number of rotatable bonds is 7. The smallest absolute Gasteiger partial charge is 0.237 e. The highest BCUT2D eigenvalue weighted by molar-refractivity contribution is 8.00. The van der Waals surface area contributed by atoms with Gasteiger partial charge in [-0.2, -0.15) is 0 Å². The number of carbonyl (C=O) groups is 1. The number of carbonyl (C=O) groups excluding carboxylic acids is 1. The highest BCUT2D eigenvalue weighted by atomic mass is 32.2. The van der Waals surface area contributed by atoms with E-state index in [9.17, 15) is 9.18 Å². The van der Waals surface area contributed by atoms with E-state index >= 15 is 0 Å². The van der Waals surface area contributed by atoms with Gasteiger partial charge in [0.2, 0.25) is 12.7 Å². The molecule has 3 aromatic rings. The van der Waals surface area contributed by atoms with Gasteiger partial charge in [-0.3, -0.25) is 9.36 Å². The van der Waals surface area contributed by atoms with Gasteiger partial charge in [-0.05, 0) is 56.2 Å². The number of nitrogens with zero attached hydrogens (tertiary/aromatic N) is 3. The molecule has 2 aliphatic rings. The first-order valence-corrected chi connectivity index (χ1v) is 11.6. The van der Waals surface area contributed by atoms with E-state index in [1.807, 2.05) is 11.5 Å². The molecule has 0 saturated carbocycles. The number of amides is 1. The van der Waals surface area contributed by atoms with Crippen LogP contribution < -0.4 is 14.8 Å². The molecule has 5 rings (SSSR count). The van der Waals surface area contributed by atoms with Crippen molar-refractivity contribution in [1.82, 2.24) is 14.8 Å². The predicted molar refractivity (Wildman–Crippen MR) is 121 cm³/mol. The second kappa shape index (κ2) is 9.40. The van der Waals surface area contributed by atoms with Crippen LogP contribution in [0, 0.1) is 5.82 Å². The van der Waals surface area contributed by atoms with Crippen molar-refractivity contribution < 1.29 is 23.4 Å². The Morgan fingerprint density at radius 1 is 1.21 bits per heavy atom. The number of ether oxygens (including phenoxy) is 3. The molecule has 1 saturated heterocycles. The lowest BCUT2D eigenvalue weighted by molar-refractivity contribution is -0.115. The summed E-state index contributed by atoms with van der Waals surface area (Å²) in [5.74, 6) is 1.40. The minimum absolute atomic E-state index is 0.0531. The van der Waals surface area contributed by atoms with Crippen molar-refractivity contribution in [3.05, 3.63) is 48.3 Å². The van der Waals surface area contributed by atoms with Crippen molar-refractivity contribution in [2.75, 3.05) is 18.7 Å². The van der Waals surface area contributed by atoms with Crippen molar-refractivity contribution in [3.8, 4) is 22.9 Å². The Morgan fingerprint density at radius 3 is 2.82 bits per heavy atom. The summed E-state index contributed by atoms with van der Waals surface area (Å²) >= 11 is 1.32. The average Bonchev–Trinajstić information content (AvgIpc) is 3.57. The molecule has 3 heterocycles. The summed E-state index contributed by atoms with van der Waals surface area (Å²) in [5, 5.41) is 11.8. The van der Waals surface area contributed by atoms with Gasteiger partial charge in [0.05, 0.1) is 17.9 Å². The fourth-order valence-electron chi connectivity index (χ4n) is 3.77. The molecule has 1 amide bonds. The third-order valence-corrected chi connectivity index (χ3v) is 6.60. The van der Waals surface area contributed by atoms with Crippen LogP contribution in [-0.2, 0) is 16.1 Å². The molecule has 1 fully saturated rings. The van der Waals surface area contributed by atoms with Crippen LogP contribution in [0.2, 0.25) is 0 Å². The zero-order valence-corrected chi connectivity index (χ0v) is 18.8. The van der Waals surface area contributed by atoms with Crippen LogP contribution in [0.25, 0.3) is 11.4 Å². The van der Waals surface area contributed by atoms with E-state index in [1.54, 1.807) is 30.3 Å². The van der Waals surface area contributed by atoms with Gasteiger partial charge in [-0.25, -0.2) is 4.39 Å². The quantitative estimate of drug-likeness (QED) is 0.520. The second-order valence-corrected chi connectivity index (χ2v) is 9.18. The van der Waals surface area contributed by atoms with Gasteiger partial charge < -0.3 is 19.5 Å². The third-order valence-electron chi connectivity index (χ3n) is 5.52. The molecule has 33 heavy (non-hydrogen) atoms. The van der Waals surface area contributed by atoms with Crippen molar-refractivity contribution in [1.29, 1.82) is 0 Å². The van der Waals surface area contributed by atoms with Gasteiger partial charge in [0.1, 0.15) is 5.82 Å². The molecule has 2 aromatic carbocycles. The molecule has 172 valence electrons. The minimum atomic E-state index is -0.441. The van der Waals surface area contributed by atoms with Crippen molar-refractivity contribution in [2.24, 2.45) is 0 Å². The molecule has 1 N–H and O–H groups in total. The standard InChI is InChI=1S/C23H23FN4O4S/c1-14(22(29)25-17-8-9-19-20(11-17)32-13-31-19)33-23-27-26-21(15-4-6-16(24)7-5-15)28(23)12-18-3-2-10-30-18/h4-9,11,14,18H,2-3,10,12-13H2,1H3,(H,25,29)/t14-,18-/m1/s1. The SMILES string of the molecule is C[C@@H](Sc1nnc(-c2ccc(F)cc2)n1C[C@H]1CCCO1)C(=O)Nc1ccc2c(c1)OCO2. The molecule has 2 atom stereocenters. The number of halogens is 1. The number of anilines is 1. The molecule has 8 nitrogen and oxygen atoms in total. The van der Waals surface area contributed by atoms with Gasteiger partial charge in [0.25, 0.3) is 0 Å². The Labute approximate surface area is 194 Å². The van der Waals surface area contributed by atoms with E-state index in [0.29, 0.717) is 34.7 Å². The maximum absolute atomic E-state index is 13.4. The number of nitrogens with one attached hydrogen (secondary N) is 1. The first-order chi connectivity index (χ1) is 16.1. The van der Waals surface area contributed by atoms with E-state index in [0.717, 1.165) is 25.0 Å². The molecule has 0 spiro atoms. The van der Waals surface area contributed by atoms with Crippen LogP contribution in [0.15, 0.2) is 47.6 Å². The number of hydrogen-bond acceptors (Lipinski definition) is 7. The zero-order valence-electron chi connectivity index (χ0n) is 18.0. The molecule has 2 aliphatic heterocycles. The van der Waals surface area contributed by atoms with E-state index in [4.69, 9.17) is 14.2 Å². The maximum atomic E-state index is 13.4. The molecular formula is C23H23FN4O4S. The van der Waals surface area contributed by atoms with Crippen molar-refractivity contribution in [3.63, 3.8) is 0 Å². The Bertz CT molecular complexity index is 1150. The first-order valence-electron chi connectivity index (χ1n) is 10.7. The fourth-order valence-corrected chi connectivity index (χ4v) is 4.63. The molecule has 0 unspecified atom stereocenters. The third kappa shape index (κ3) is 4.81. The lowest BCUT2D eigenvalue weighted by atomic mass is 10.2. The van der Waals surface area contributed by atoms with Crippen LogP contribution in [0.3, 0.4) is 0 Å². The molecular weight excluding hydrogens is 447 g/mol. The maximum Gasteiger partial charge on any atom is 0.237 e. The number of fused-ring (bicyclic) bond motifs is 1. The van der Waals surface area contributed by atoms with Crippen molar-refractivity contribution in [2.45, 2.75) is 42.8 Å². The fraction of sp³-hybridized carbons (Fsp3) is 0.348. The van der Waals surface area contributed by atoms with E-state index < -0.39 is 5.25 Å². The zero-order chi connectivity index (χ0) is 22.8. The van der Waals surface area contributed by atoms with Gasteiger partial charge in [0.15, 0.2) is 22.5 Å². The molecule has 10 heteroatoms. The first kappa shape index (κ1) is 21.7. The van der Waals surface area contributed by atoms with Gasteiger partial charge in [0, 0.05) is 23.9 Å². The van der Waals surface area contributed by atoms with E-state index in [1.165, 1.54) is 23.9 Å². The largest absolute Gasteiger partial charge is 0.454 e. The van der Waals surface area contributed by atoms with Crippen LogP contribution >= 0.6 is 11.8 Å². The Balaban J connectivity index is 1.34. The monoisotopic (exact) mass is 470 g/mol. The Kier molecular flexibility index (Phi) is 6.19. The molecule has 0 bridgehead atoms. The summed E-state index contributed by atoms with van der Waals surface area (Å²) in [5.41, 5.74) is 1.38. The van der Waals surface area contributed by atoms with Gasteiger partial charge >= 0.3 is 0 Å². The van der Waals surface area contributed by atoms with E-state index in [2.05, 4.69) is 15.5 Å². The van der Waals surface area contributed by atoms with Gasteiger partial charge in [-0.1, -0.05) is 11.8 Å².